The number of nitrogens with zero attached hydrogens (tertiary/aromatic N) is 1. The Labute approximate surface area is 173 Å². The Morgan fingerprint density at radius 3 is 2.46 bits per heavy atom. The lowest BCUT2D eigenvalue weighted by Gasteiger charge is -2.32. The molecule has 4 heteroatoms. The maximum Gasteiger partial charge on any atom is 0.166 e. The minimum atomic E-state index is -1.78. The number of benzene rings is 2. The van der Waals surface area contributed by atoms with Crippen molar-refractivity contribution in [3.63, 3.8) is 0 Å². The van der Waals surface area contributed by atoms with Crippen molar-refractivity contribution in [2.24, 2.45) is 11.8 Å². The molecule has 0 radical (unpaired) electrons. The maximum absolute atomic E-state index is 13.2. The Kier molecular flexibility index (Phi) is 4.37. The normalized spacial score (nSPS) is 24.6. The van der Waals surface area contributed by atoms with E-state index in [1.165, 1.54) is 14.2 Å². The maximum atomic E-state index is 13.2. The molecule has 148 valence electrons. The molecule has 1 aliphatic heterocycles. The van der Waals surface area contributed by atoms with Crippen LogP contribution in [0.1, 0.15) is 46.2 Å². The van der Waals surface area contributed by atoms with E-state index in [9.17, 15) is 4.79 Å². The molecule has 1 fully saturated rings. The van der Waals surface area contributed by atoms with E-state index in [-0.39, 0.29) is 11.7 Å². The summed E-state index contributed by atoms with van der Waals surface area (Å²) in [7, 11) is 2.99. The predicted octanol–water partition coefficient (Wildman–Crippen LogP) is 4.36. The van der Waals surface area contributed by atoms with Crippen molar-refractivity contribution in [2.75, 3.05) is 27.3 Å². The molecule has 0 saturated carbocycles. The Morgan fingerprint density at radius 1 is 1.11 bits per heavy atom. The van der Waals surface area contributed by atoms with Gasteiger partial charge in [0.1, 0.15) is 0 Å². The Hall–Kier alpha value is -2.33. The molecule has 0 aromatic heterocycles. The molecule has 1 heterocycles. The Morgan fingerprint density at radius 2 is 1.79 bits per heavy atom. The average molecular weight is 384 g/mol. The van der Waals surface area contributed by atoms with Gasteiger partial charge in [-0.05, 0) is 67.9 Å². The number of hydrogen-bond donors (Lipinski definition) is 0. The van der Waals surface area contributed by atoms with E-state index in [2.05, 4.69) is 0 Å². The number of ether oxygens (including phenoxy) is 2. The van der Waals surface area contributed by atoms with Crippen LogP contribution in [0.2, 0.25) is 0 Å². The largest absolute Gasteiger partial charge is 0.493 e. The van der Waals surface area contributed by atoms with E-state index in [4.69, 9.17) is 15.0 Å². The fourth-order valence-electron chi connectivity index (χ4n) is 4.12. The van der Waals surface area contributed by atoms with Crippen molar-refractivity contribution in [1.82, 2.24) is 4.90 Å². The van der Waals surface area contributed by atoms with E-state index in [1.807, 2.05) is 23.1 Å². The molecule has 2 aromatic carbocycles. The first-order valence-corrected chi connectivity index (χ1v) is 9.81. The van der Waals surface area contributed by atoms with Gasteiger partial charge >= 0.3 is 0 Å². The van der Waals surface area contributed by atoms with Crippen molar-refractivity contribution in [1.29, 1.82) is 0 Å². The zero-order valence-electron chi connectivity index (χ0n) is 20.4. The molecule has 0 N–H and O–H groups in total. The molecule has 2 aromatic rings. The van der Waals surface area contributed by atoms with Gasteiger partial charge in [0.15, 0.2) is 17.3 Å². The summed E-state index contributed by atoms with van der Waals surface area (Å²) in [6.07, 6.45) is 0.138. The monoisotopic (exact) mass is 383 g/mol. The second kappa shape index (κ2) is 8.36. The van der Waals surface area contributed by atoms with Crippen LogP contribution in [0.5, 0.6) is 11.5 Å². The minimum absolute atomic E-state index is 0.167. The number of carbonyl (C=O) groups is 1. The van der Waals surface area contributed by atoms with Crippen molar-refractivity contribution in [3.05, 3.63) is 59.2 Å². The number of likely N-dealkylation sites (tertiary alicyclic amines) is 1. The van der Waals surface area contributed by atoms with Crippen LogP contribution in [0.4, 0.5) is 0 Å². The molecule has 0 amide bonds. The number of Topliss-reactive ketones (excluding diaryl/α,β-unsaturated/α-hetero) is 1. The summed E-state index contributed by atoms with van der Waals surface area (Å²) in [6, 6.07) is 12.3. The van der Waals surface area contributed by atoms with E-state index in [1.54, 1.807) is 24.3 Å². The van der Waals surface area contributed by atoms with Crippen molar-refractivity contribution < 1.29 is 19.8 Å². The highest BCUT2D eigenvalue weighted by Gasteiger charge is 2.34. The minimum Gasteiger partial charge on any atom is -0.493 e. The average Bonchev–Trinajstić information content (AvgIpc) is 2.99. The highest BCUT2D eigenvalue weighted by atomic mass is 16.5. The van der Waals surface area contributed by atoms with Gasteiger partial charge in [0.05, 0.1) is 14.2 Å². The molecular formula is C24H29NO3. The van der Waals surface area contributed by atoms with Crippen LogP contribution in [0.25, 0.3) is 0 Å². The molecule has 2 aliphatic rings. The smallest absolute Gasteiger partial charge is 0.166 e. The van der Waals surface area contributed by atoms with Crippen LogP contribution < -0.4 is 9.47 Å². The standard InChI is InChI=1S/C24H29NO3/c1-27-22-14-19-13-20(24(26)21(19)15-23(22)28-2)12-17-8-10-25(11-9-17)16-18-6-4-3-5-7-18/h3-7,14-15,17,20H,8-13,16H2,1-2H3/i13D2,16D2. The quantitative estimate of drug-likeness (QED) is 0.743. The van der Waals surface area contributed by atoms with Crippen molar-refractivity contribution in [2.45, 2.75) is 32.1 Å². The highest BCUT2D eigenvalue weighted by Crippen LogP contribution is 2.39. The van der Waals surface area contributed by atoms with Gasteiger partial charge in [-0.25, -0.2) is 0 Å². The summed E-state index contributed by atoms with van der Waals surface area (Å²) in [5.74, 6) is 0.0669. The molecule has 1 aliphatic carbocycles. The summed E-state index contributed by atoms with van der Waals surface area (Å²) in [4.78, 5) is 15.0. The van der Waals surface area contributed by atoms with Gasteiger partial charge < -0.3 is 9.47 Å². The third-order valence-corrected chi connectivity index (χ3v) is 5.68. The second-order valence-electron chi connectivity index (χ2n) is 7.46. The molecule has 1 saturated heterocycles. The number of carbonyl (C=O) groups excluding carboxylic acids is 1. The zero-order valence-corrected chi connectivity index (χ0v) is 16.4. The number of ketones is 1. The van der Waals surface area contributed by atoms with E-state index < -0.39 is 18.8 Å². The SMILES string of the molecule is [2H]C1([2H])c2cc(OC)c(OC)cc2C(=O)C1CC1CCN(C([2H])([2H])c2ccccc2)CC1. The summed E-state index contributed by atoms with van der Waals surface area (Å²) < 4.78 is 45.2. The summed E-state index contributed by atoms with van der Waals surface area (Å²) in [5.41, 5.74) is 1.37. The van der Waals surface area contributed by atoms with Gasteiger partial charge in [0.2, 0.25) is 0 Å². The molecule has 0 spiro atoms. The first-order valence-electron chi connectivity index (χ1n) is 11.8. The molecule has 1 atom stereocenters. The third kappa shape index (κ3) is 3.93. The summed E-state index contributed by atoms with van der Waals surface area (Å²) >= 11 is 0. The Balaban J connectivity index is 1.47. The number of rotatable bonds is 6. The topological polar surface area (TPSA) is 38.8 Å². The molecular weight excluding hydrogens is 350 g/mol. The predicted molar refractivity (Wildman–Crippen MR) is 110 cm³/mol. The third-order valence-electron chi connectivity index (χ3n) is 5.68. The fourth-order valence-corrected chi connectivity index (χ4v) is 4.12. The van der Waals surface area contributed by atoms with Gasteiger partial charge in [-0.15, -0.1) is 0 Å². The second-order valence-corrected chi connectivity index (χ2v) is 7.46. The van der Waals surface area contributed by atoms with Crippen LogP contribution >= 0.6 is 0 Å². The van der Waals surface area contributed by atoms with Gasteiger partial charge in [-0.2, -0.15) is 0 Å². The van der Waals surface area contributed by atoms with Crippen LogP contribution in [0.3, 0.4) is 0 Å². The molecule has 4 rings (SSSR count). The van der Waals surface area contributed by atoms with Crippen LogP contribution in [-0.2, 0) is 12.9 Å². The molecule has 28 heavy (non-hydrogen) atoms. The van der Waals surface area contributed by atoms with Gasteiger partial charge in [0, 0.05) is 23.5 Å². The highest BCUT2D eigenvalue weighted by molar-refractivity contribution is 6.02. The van der Waals surface area contributed by atoms with Gasteiger partial charge in [-0.3, -0.25) is 9.69 Å². The Bertz CT molecular complexity index is 988. The number of methoxy groups -OCH3 is 2. The lowest BCUT2D eigenvalue weighted by Crippen LogP contribution is -2.34. The zero-order chi connectivity index (χ0) is 23.1. The fraction of sp³-hybridized carbons (Fsp3) is 0.458. The first kappa shape index (κ1) is 14.6. The lowest BCUT2D eigenvalue weighted by atomic mass is 9.85. The lowest BCUT2D eigenvalue weighted by molar-refractivity contribution is 0.0895. The molecule has 4 nitrogen and oxygen atoms in total. The van der Waals surface area contributed by atoms with Crippen molar-refractivity contribution in [3.8, 4) is 11.5 Å². The first-order chi connectivity index (χ1) is 15.2. The summed E-state index contributed by atoms with van der Waals surface area (Å²) in [5, 5.41) is 0. The van der Waals surface area contributed by atoms with Crippen LogP contribution in [0, 0.1) is 11.8 Å². The van der Waals surface area contributed by atoms with E-state index >= 15 is 0 Å². The van der Waals surface area contributed by atoms with E-state index in [0.29, 0.717) is 47.7 Å². The number of piperidine rings is 1. The van der Waals surface area contributed by atoms with Crippen molar-refractivity contribution >= 4 is 5.78 Å². The number of fused-ring (bicyclic) bond motifs is 1. The summed E-state index contributed by atoms with van der Waals surface area (Å²) in [6.45, 7) is -0.399. The van der Waals surface area contributed by atoms with Gasteiger partial charge in [-0.1, -0.05) is 30.3 Å². The van der Waals surface area contributed by atoms with Gasteiger partial charge in [0.25, 0.3) is 0 Å². The number of hydrogen-bond acceptors (Lipinski definition) is 4. The van der Waals surface area contributed by atoms with E-state index in [0.717, 1.165) is 12.8 Å². The molecule has 0 bridgehead atoms. The van der Waals surface area contributed by atoms with Crippen LogP contribution in [-0.4, -0.2) is 38.0 Å². The molecule has 1 unspecified atom stereocenters. The van der Waals surface area contributed by atoms with Crippen LogP contribution in [0.15, 0.2) is 42.5 Å².